The predicted molar refractivity (Wildman–Crippen MR) is 145 cm³/mol. The summed E-state index contributed by atoms with van der Waals surface area (Å²) < 4.78 is 7.93. The van der Waals surface area contributed by atoms with Gasteiger partial charge in [-0.05, 0) is 44.4 Å². The normalized spacial score (nSPS) is 13.2. The maximum Gasteiger partial charge on any atom is 0.336 e. The van der Waals surface area contributed by atoms with E-state index in [1.54, 1.807) is 0 Å². The third kappa shape index (κ3) is 10.3. The van der Waals surface area contributed by atoms with Crippen LogP contribution >= 0.6 is 0 Å². The van der Waals surface area contributed by atoms with Crippen LogP contribution in [-0.4, -0.2) is 88.0 Å². The molecule has 0 saturated carbocycles. The molecule has 0 amide bonds. The average Bonchev–Trinajstić information content (AvgIpc) is 3.68. The highest BCUT2D eigenvalue weighted by molar-refractivity contribution is 5.88. The molecular formula is C27H36N6O8. The van der Waals surface area contributed by atoms with Crippen LogP contribution in [0.1, 0.15) is 49.3 Å². The predicted octanol–water partition coefficient (Wildman–Crippen LogP) is 2.02. The van der Waals surface area contributed by atoms with E-state index in [1.165, 1.54) is 12.8 Å². The number of carboxylic acids is 3. The zero-order valence-electron chi connectivity index (χ0n) is 22.9. The summed E-state index contributed by atoms with van der Waals surface area (Å²) in [5.41, 5.74) is -1.68. The molecule has 3 aromatic rings. The minimum absolute atomic E-state index is 0.779. The molecule has 14 nitrogen and oxygen atoms in total. The number of nitrogens with zero attached hydrogens (tertiary/aromatic N) is 6. The summed E-state index contributed by atoms with van der Waals surface area (Å²) in [7, 11) is 0. The van der Waals surface area contributed by atoms with Crippen LogP contribution < -0.4 is 4.90 Å². The highest BCUT2D eigenvalue weighted by Gasteiger charge is 2.40. The fourth-order valence-corrected chi connectivity index (χ4v) is 4.39. The summed E-state index contributed by atoms with van der Waals surface area (Å²) in [6.07, 6.45) is 8.79. The Hall–Kier alpha value is -4.30. The molecule has 1 aliphatic rings. The maximum absolute atomic E-state index is 10.3. The SMILES string of the molecule is Cc1ccc(CN(CCCn2ccnc2)Cc2ccnc(N3CCCC3)n2)o1.O=C(O)CC(O)(CC(=O)O)C(=O)O. The van der Waals surface area contributed by atoms with Crippen molar-refractivity contribution in [1.82, 2.24) is 24.4 Å². The van der Waals surface area contributed by atoms with Gasteiger partial charge in [-0.25, -0.2) is 19.7 Å². The van der Waals surface area contributed by atoms with Crippen LogP contribution in [0, 0.1) is 6.92 Å². The quantitative estimate of drug-likeness (QED) is 0.219. The van der Waals surface area contributed by atoms with Crippen LogP contribution in [0.4, 0.5) is 5.95 Å². The van der Waals surface area contributed by atoms with Gasteiger partial charge in [0, 0.05) is 51.3 Å². The second kappa shape index (κ2) is 14.9. The van der Waals surface area contributed by atoms with E-state index in [4.69, 9.17) is 29.8 Å². The van der Waals surface area contributed by atoms with Gasteiger partial charge in [0.15, 0.2) is 5.60 Å². The lowest BCUT2D eigenvalue weighted by molar-refractivity contribution is -0.170. The third-order valence-corrected chi connectivity index (χ3v) is 6.39. The van der Waals surface area contributed by atoms with Crippen LogP contribution in [-0.2, 0) is 34.0 Å². The smallest absolute Gasteiger partial charge is 0.336 e. The molecule has 1 saturated heterocycles. The number of aliphatic carboxylic acids is 3. The van der Waals surface area contributed by atoms with Crippen LogP contribution in [0.5, 0.6) is 0 Å². The van der Waals surface area contributed by atoms with Gasteiger partial charge in [-0.1, -0.05) is 0 Å². The van der Waals surface area contributed by atoms with E-state index in [9.17, 15) is 14.4 Å². The first kappa shape index (κ1) is 31.2. The maximum atomic E-state index is 10.3. The van der Waals surface area contributed by atoms with E-state index in [0.717, 1.165) is 68.9 Å². The van der Waals surface area contributed by atoms with Gasteiger partial charge >= 0.3 is 17.9 Å². The van der Waals surface area contributed by atoms with Crippen molar-refractivity contribution in [3.8, 4) is 0 Å². The lowest BCUT2D eigenvalue weighted by atomic mass is 9.96. The summed E-state index contributed by atoms with van der Waals surface area (Å²) in [6.45, 7) is 7.58. The van der Waals surface area contributed by atoms with E-state index < -0.39 is 36.4 Å². The molecule has 4 rings (SSSR count). The summed E-state index contributed by atoms with van der Waals surface area (Å²) in [4.78, 5) is 48.6. The molecule has 0 aliphatic carbocycles. The van der Waals surface area contributed by atoms with Crippen molar-refractivity contribution in [2.75, 3.05) is 24.5 Å². The van der Waals surface area contributed by atoms with E-state index in [0.29, 0.717) is 0 Å². The Morgan fingerprint density at radius 1 is 1.02 bits per heavy atom. The van der Waals surface area contributed by atoms with Crippen molar-refractivity contribution in [2.24, 2.45) is 0 Å². The molecule has 4 N–H and O–H groups in total. The van der Waals surface area contributed by atoms with Crippen LogP contribution in [0.3, 0.4) is 0 Å². The van der Waals surface area contributed by atoms with Crippen molar-refractivity contribution in [2.45, 2.75) is 64.3 Å². The number of aryl methyl sites for hydroxylation is 2. The Labute approximate surface area is 236 Å². The molecule has 0 radical (unpaired) electrons. The molecular weight excluding hydrogens is 536 g/mol. The number of anilines is 1. The zero-order valence-corrected chi connectivity index (χ0v) is 22.9. The Balaban J connectivity index is 0.000000302. The van der Waals surface area contributed by atoms with Crippen molar-refractivity contribution in [1.29, 1.82) is 0 Å². The Morgan fingerprint density at radius 3 is 2.29 bits per heavy atom. The number of hydrogen-bond donors (Lipinski definition) is 4. The molecule has 3 aromatic heterocycles. The molecule has 0 atom stereocenters. The Morgan fingerprint density at radius 2 is 1.73 bits per heavy atom. The monoisotopic (exact) mass is 572 g/mol. The number of carbonyl (C=O) groups is 3. The molecule has 4 heterocycles. The van der Waals surface area contributed by atoms with Gasteiger partial charge in [0.05, 0.1) is 31.4 Å². The second-order valence-corrected chi connectivity index (χ2v) is 9.90. The summed E-state index contributed by atoms with van der Waals surface area (Å²) in [6, 6.07) is 6.11. The first-order valence-corrected chi connectivity index (χ1v) is 13.2. The molecule has 0 bridgehead atoms. The Bertz CT molecular complexity index is 1260. The summed E-state index contributed by atoms with van der Waals surface area (Å²) in [5, 5.41) is 33.8. The molecule has 41 heavy (non-hydrogen) atoms. The molecule has 0 spiro atoms. The van der Waals surface area contributed by atoms with E-state index in [1.807, 2.05) is 44.0 Å². The topological polar surface area (TPSA) is 195 Å². The number of imidazole rings is 1. The van der Waals surface area contributed by atoms with Crippen molar-refractivity contribution in [3.05, 3.63) is 60.3 Å². The minimum Gasteiger partial charge on any atom is -0.481 e. The molecule has 0 aromatic carbocycles. The van der Waals surface area contributed by atoms with Gasteiger partial charge < -0.3 is 34.3 Å². The summed E-state index contributed by atoms with van der Waals surface area (Å²) >= 11 is 0. The van der Waals surface area contributed by atoms with Gasteiger partial charge in [-0.15, -0.1) is 0 Å². The van der Waals surface area contributed by atoms with E-state index in [2.05, 4.69) is 30.4 Å². The number of hydrogen-bond acceptors (Lipinski definition) is 10. The second-order valence-electron chi connectivity index (χ2n) is 9.90. The van der Waals surface area contributed by atoms with Crippen LogP contribution in [0.15, 0.2) is 47.5 Å². The molecule has 14 heteroatoms. The minimum atomic E-state index is -2.74. The van der Waals surface area contributed by atoms with Gasteiger partial charge in [0.1, 0.15) is 11.5 Å². The fraction of sp³-hybridized carbons (Fsp3) is 0.481. The van der Waals surface area contributed by atoms with Crippen molar-refractivity contribution >= 4 is 23.9 Å². The Kier molecular flexibility index (Phi) is 11.4. The lowest BCUT2D eigenvalue weighted by Crippen LogP contribution is -2.42. The van der Waals surface area contributed by atoms with Gasteiger partial charge in [0.25, 0.3) is 0 Å². The average molecular weight is 573 g/mol. The molecule has 222 valence electrons. The van der Waals surface area contributed by atoms with Gasteiger partial charge in [-0.3, -0.25) is 14.5 Å². The highest BCUT2D eigenvalue weighted by atomic mass is 16.4. The van der Waals surface area contributed by atoms with Gasteiger partial charge in [-0.2, -0.15) is 0 Å². The first-order valence-electron chi connectivity index (χ1n) is 13.2. The molecule has 1 aliphatic heterocycles. The fourth-order valence-electron chi connectivity index (χ4n) is 4.39. The molecule has 1 fully saturated rings. The van der Waals surface area contributed by atoms with E-state index in [-0.39, 0.29) is 0 Å². The molecule has 0 unspecified atom stereocenters. The lowest BCUT2D eigenvalue weighted by Gasteiger charge is -2.22. The number of aliphatic hydroxyl groups is 1. The van der Waals surface area contributed by atoms with E-state index >= 15 is 0 Å². The number of carboxylic acid groups (broad SMARTS) is 3. The summed E-state index contributed by atoms with van der Waals surface area (Å²) in [5.74, 6) is -2.21. The largest absolute Gasteiger partial charge is 0.481 e. The van der Waals surface area contributed by atoms with Crippen LogP contribution in [0.2, 0.25) is 0 Å². The van der Waals surface area contributed by atoms with Crippen LogP contribution in [0.25, 0.3) is 0 Å². The van der Waals surface area contributed by atoms with Crippen molar-refractivity contribution < 1.29 is 39.2 Å². The first-order chi connectivity index (χ1) is 19.5. The number of furan rings is 1. The van der Waals surface area contributed by atoms with Crippen molar-refractivity contribution in [3.63, 3.8) is 0 Å². The number of rotatable bonds is 14. The standard InChI is InChI=1S/C21H28N6O.C6H8O7/c1-18-5-6-20(28-18)16-26(11-4-10-25-14-9-22-17-25)15-19-7-8-23-21(24-19)27-12-2-3-13-27;7-3(8)1-6(13,5(11)12)2-4(9)10/h5-9,14,17H,2-4,10-13,15-16H2,1H3;13H,1-2H2,(H,7,8)(H,9,10)(H,11,12). The zero-order chi connectivity index (χ0) is 29.8. The third-order valence-electron chi connectivity index (χ3n) is 6.39. The number of aromatic nitrogens is 4. The van der Waals surface area contributed by atoms with Gasteiger partial charge in [0.2, 0.25) is 5.95 Å². The highest BCUT2D eigenvalue weighted by Crippen LogP contribution is 2.18.